The highest BCUT2D eigenvalue weighted by atomic mass is 35.5. The van der Waals surface area contributed by atoms with Crippen LogP contribution < -0.4 is 10.1 Å². The maximum Gasteiger partial charge on any atom is 0.242 e. The molecule has 31 heavy (non-hydrogen) atoms. The summed E-state index contributed by atoms with van der Waals surface area (Å²) >= 11 is 12.3. The van der Waals surface area contributed by atoms with Gasteiger partial charge in [-0.1, -0.05) is 61.3 Å². The van der Waals surface area contributed by atoms with Gasteiger partial charge in [0.1, 0.15) is 11.8 Å². The Morgan fingerprint density at radius 1 is 1.10 bits per heavy atom. The third kappa shape index (κ3) is 8.08. The molecule has 2 aromatic rings. The standard InChI is InChI=1S/C24H30Cl2N2O3/c1-3-14-27-24(30)22(4-2)28(17-18-12-13-19(25)16-21(18)26)23(29)11-8-15-31-20-9-6-5-7-10-20/h5-7,9-10,12-13,16,22H,3-4,8,11,14-15,17H2,1-2H3,(H,27,30)/t22-/m1/s1. The molecule has 5 nitrogen and oxygen atoms in total. The molecule has 0 spiro atoms. The first-order valence-electron chi connectivity index (χ1n) is 10.6. The third-order valence-corrected chi connectivity index (χ3v) is 5.42. The van der Waals surface area contributed by atoms with E-state index in [1.807, 2.05) is 44.2 Å². The van der Waals surface area contributed by atoms with Crippen molar-refractivity contribution in [2.75, 3.05) is 13.2 Å². The van der Waals surface area contributed by atoms with Gasteiger partial charge in [0.25, 0.3) is 0 Å². The number of hydrogen-bond donors (Lipinski definition) is 1. The number of rotatable bonds is 12. The van der Waals surface area contributed by atoms with Crippen molar-refractivity contribution in [3.05, 3.63) is 64.1 Å². The van der Waals surface area contributed by atoms with Crippen LogP contribution in [0.25, 0.3) is 0 Å². The van der Waals surface area contributed by atoms with Crippen molar-refractivity contribution in [1.82, 2.24) is 10.2 Å². The zero-order valence-electron chi connectivity index (χ0n) is 18.1. The summed E-state index contributed by atoms with van der Waals surface area (Å²) < 4.78 is 5.69. The maximum absolute atomic E-state index is 13.1. The number of nitrogens with one attached hydrogen (secondary N) is 1. The van der Waals surface area contributed by atoms with Gasteiger partial charge in [-0.3, -0.25) is 9.59 Å². The Hall–Kier alpha value is -2.24. The number of benzene rings is 2. The monoisotopic (exact) mass is 464 g/mol. The highest BCUT2D eigenvalue weighted by Crippen LogP contribution is 2.24. The minimum Gasteiger partial charge on any atom is -0.494 e. The van der Waals surface area contributed by atoms with Gasteiger partial charge in [0.15, 0.2) is 0 Å². The smallest absolute Gasteiger partial charge is 0.242 e. The van der Waals surface area contributed by atoms with Gasteiger partial charge in [0.2, 0.25) is 11.8 Å². The molecule has 7 heteroatoms. The van der Waals surface area contributed by atoms with Gasteiger partial charge in [0.05, 0.1) is 6.61 Å². The summed E-state index contributed by atoms with van der Waals surface area (Å²) in [5.41, 5.74) is 0.752. The average molecular weight is 465 g/mol. The second-order valence-corrected chi connectivity index (χ2v) is 8.08. The van der Waals surface area contributed by atoms with Gasteiger partial charge < -0.3 is 15.0 Å². The number of halogens is 2. The Morgan fingerprint density at radius 3 is 2.48 bits per heavy atom. The van der Waals surface area contributed by atoms with Crippen LogP contribution in [0.15, 0.2) is 48.5 Å². The molecule has 0 fully saturated rings. The number of nitrogens with zero attached hydrogens (tertiary/aromatic N) is 1. The van der Waals surface area contributed by atoms with Crippen molar-refractivity contribution in [3.8, 4) is 5.75 Å². The molecule has 168 valence electrons. The Morgan fingerprint density at radius 2 is 1.84 bits per heavy atom. The molecular formula is C24H30Cl2N2O3. The van der Waals surface area contributed by atoms with Crippen LogP contribution in [0.1, 0.15) is 45.1 Å². The van der Waals surface area contributed by atoms with Gasteiger partial charge >= 0.3 is 0 Å². The van der Waals surface area contributed by atoms with E-state index in [0.717, 1.165) is 17.7 Å². The predicted molar refractivity (Wildman–Crippen MR) is 126 cm³/mol. The van der Waals surface area contributed by atoms with Crippen molar-refractivity contribution in [1.29, 1.82) is 0 Å². The van der Waals surface area contributed by atoms with Crippen LogP contribution in [0.3, 0.4) is 0 Å². The summed E-state index contributed by atoms with van der Waals surface area (Å²) in [4.78, 5) is 27.5. The lowest BCUT2D eigenvalue weighted by Crippen LogP contribution is -2.49. The molecule has 0 saturated carbocycles. The van der Waals surface area contributed by atoms with E-state index in [0.29, 0.717) is 36.0 Å². The third-order valence-electron chi connectivity index (χ3n) is 4.84. The van der Waals surface area contributed by atoms with Crippen molar-refractivity contribution < 1.29 is 14.3 Å². The van der Waals surface area contributed by atoms with Gasteiger partial charge in [-0.05, 0) is 49.1 Å². The Bertz CT molecular complexity index is 846. The number of amides is 2. The zero-order valence-corrected chi connectivity index (χ0v) is 19.6. The summed E-state index contributed by atoms with van der Waals surface area (Å²) in [7, 11) is 0. The molecule has 2 rings (SSSR count). The molecule has 0 aliphatic rings. The minimum absolute atomic E-state index is 0.110. The van der Waals surface area contributed by atoms with Gasteiger partial charge in [-0.25, -0.2) is 0 Å². The molecule has 1 atom stereocenters. The quantitative estimate of drug-likeness (QED) is 0.422. The van der Waals surface area contributed by atoms with Crippen LogP contribution in [0, 0.1) is 0 Å². The summed E-state index contributed by atoms with van der Waals surface area (Å²) in [5, 5.41) is 3.90. The number of carbonyl (C=O) groups excluding carboxylic acids is 2. The molecule has 0 saturated heterocycles. The van der Waals surface area contributed by atoms with E-state index in [1.54, 1.807) is 23.1 Å². The molecule has 0 radical (unpaired) electrons. The fraction of sp³-hybridized carbons (Fsp3) is 0.417. The summed E-state index contributed by atoms with van der Waals surface area (Å²) in [6.45, 7) is 5.13. The summed E-state index contributed by atoms with van der Waals surface area (Å²) in [6.07, 6.45) is 2.16. The van der Waals surface area contributed by atoms with Crippen LogP contribution in [0.4, 0.5) is 0 Å². The van der Waals surface area contributed by atoms with Crippen LogP contribution in [0.5, 0.6) is 5.75 Å². The van der Waals surface area contributed by atoms with Crippen LogP contribution in [0.2, 0.25) is 10.0 Å². The van der Waals surface area contributed by atoms with E-state index in [9.17, 15) is 9.59 Å². The lowest BCUT2D eigenvalue weighted by Gasteiger charge is -2.31. The highest BCUT2D eigenvalue weighted by molar-refractivity contribution is 6.35. The summed E-state index contributed by atoms with van der Waals surface area (Å²) in [5.74, 6) is 0.509. The van der Waals surface area contributed by atoms with Crippen LogP contribution >= 0.6 is 23.2 Å². The van der Waals surface area contributed by atoms with Crippen molar-refractivity contribution in [2.24, 2.45) is 0 Å². The average Bonchev–Trinajstić information content (AvgIpc) is 2.77. The van der Waals surface area contributed by atoms with E-state index >= 15 is 0 Å². The Kier molecular flexibility index (Phi) is 10.7. The molecule has 2 aromatic carbocycles. The molecule has 0 aliphatic carbocycles. The van der Waals surface area contributed by atoms with Crippen molar-refractivity contribution in [2.45, 2.75) is 52.1 Å². The SMILES string of the molecule is CCCNC(=O)[C@@H](CC)N(Cc1ccc(Cl)cc1Cl)C(=O)CCCOc1ccccc1. The summed E-state index contributed by atoms with van der Waals surface area (Å²) in [6, 6.07) is 14.1. The van der Waals surface area contributed by atoms with Crippen LogP contribution in [-0.2, 0) is 16.1 Å². The molecule has 0 unspecified atom stereocenters. The largest absolute Gasteiger partial charge is 0.494 e. The Balaban J connectivity index is 2.08. The van der Waals surface area contributed by atoms with E-state index in [-0.39, 0.29) is 24.8 Å². The first kappa shape index (κ1) is 25.0. The Labute approximate surface area is 194 Å². The van der Waals surface area contributed by atoms with Crippen molar-refractivity contribution in [3.63, 3.8) is 0 Å². The zero-order chi connectivity index (χ0) is 22.6. The molecule has 2 amide bonds. The van der Waals surface area contributed by atoms with Gasteiger partial charge in [-0.2, -0.15) is 0 Å². The van der Waals surface area contributed by atoms with Crippen molar-refractivity contribution >= 4 is 35.0 Å². The molecule has 0 aromatic heterocycles. The maximum atomic E-state index is 13.1. The topological polar surface area (TPSA) is 58.6 Å². The molecular weight excluding hydrogens is 435 g/mol. The van der Waals surface area contributed by atoms with E-state index in [1.165, 1.54) is 0 Å². The fourth-order valence-electron chi connectivity index (χ4n) is 3.19. The highest BCUT2D eigenvalue weighted by Gasteiger charge is 2.28. The minimum atomic E-state index is -0.569. The molecule has 0 aliphatic heterocycles. The number of hydrogen-bond acceptors (Lipinski definition) is 3. The number of carbonyl (C=O) groups is 2. The number of para-hydroxylation sites is 1. The molecule has 1 N–H and O–H groups in total. The normalized spacial score (nSPS) is 11.6. The van der Waals surface area contributed by atoms with E-state index in [4.69, 9.17) is 27.9 Å². The lowest BCUT2D eigenvalue weighted by atomic mass is 10.1. The van der Waals surface area contributed by atoms with Gasteiger partial charge in [-0.15, -0.1) is 0 Å². The molecule has 0 bridgehead atoms. The predicted octanol–water partition coefficient (Wildman–Crippen LogP) is 5.49. The van der Waals surface area contributed by atoms with Crippen LogP contribution in [-0.4, -0.2) is 35.9 Å². The van der Waals surface area contributed by atoms with E-state index in [2.05, 4.69) is 5.32 Å². The first-order chi connectivity index (χ1) is 15.0. The number of ether oxygens (including phenoxy) is 1. The first-order valence-corrected chi connectivity index (χ1v) is 11.4. The fourth-order valence-corrected chi connectivity index (χ4v) is 3.66. The second-order valence-electron chi connectivity index (χ2n) is 7.24. The molecule has 0 heterocycles. The van der Waals surface area contributed by atoms with E-state index < -0.39 is 6.04 Å². The lowest BCUT2D eigenvalue weighted by molar-refractivity contribution is -0.141. The van der Waals surface area contributed by atoms with Gasteiger partial charge in [0, 0.05) is 29.6 Å². The second kappa shape index (κ2) is 13.2.